The third-order valence-corrected chi connectivity index (χ3v) is 4.60. The molecule has 2 aromatic carbocycles. The minimum Gasteiger partial charge on any atom is -0.370 e. The van der Waals surface area contributed by atoms with Crippen molar-refractivity contribution in [2.75, 3.05) is 17.6 Å². The molecule has 0 amide bonds. The van der Waals surface area contributed by atoms with Crippen LogP contribution >= 0.6 is 23.2 Å². The molecule has 0 spiro atoms. The van der Waals surface area contributed by atoms with E-state index in [4.69, 9.17) is 28.9 Å². The predicted molar refractivity (Wildman–Crippen MR) is 105 cm³/mol. The summed E-state index contributed by atoms with van der Waals surface area (Å²) in [6.07, 6.45) is 0.849. The van der Waals surface area contributed by atoms with Crippen LogP contribution in [-0.2, 0) is 6.42 Å². The Kier molecular flexibility index (Phi) is 5.41. The lowest BCUT2D eigenvalue weighted by Gasteiger charge is -2.10. The van der Waals surface area contributed by atoms with Crippen LogP contribution in [0.25, 0.3) is 11.3 Å². The number of benzene rings is 2. The van der Waals surface area contributed by atoms with Gasteiger partial charge < -0.3 is 11.1 Å². The highest BCUT2D eigenvalue weighted by Gasteiger charge is 2.10. The van der Waals surface area contributed by atoms with Crippen molar-refractivity contribution in [3.8, 4) is 11.3 Å². The van der Waals surface area contributed by atoms with Crippen molar-refractivity contribution in [2.45, 2.75) is 13.3 Å². The highest BCUT2D eigenvalue weighted by Crippen LogP contribution is 2.30. The standard InChI is InChI=1S/C19H18Cl2N4/c1-12-3-2-4-15(18(12)21)16-11-17(25-19(22)24-16)23-10-9-13-5-7-14(20)8-6-13/h2-8,11H,9-10H2,1H3,(H3,22,23,24,25). The van der Waals surface area contributed by atoms with Gasteiger partial charge >= 0.3 is 0 Å². The fraction of sp³-hybridized carbons (Fsp3) is 0.158. The molecule has 0 aliphatic heterocycles. The molecule has 128 valence electrons. The van der Waals surface area contributed by atoms with Crippen LogP contribution in [-0.4, -0.2) is 16.5 Å². The quantitative estimate of drug-likeness (QED) is 0.661. The third kappa shape index (κ3) is 4.41. The number of nitrogens with two attached hydrogens (primary N) is 1. The first kappa shape index (κ1) is 17.5. The molecule has 0 unspecified atom stereocenters. The lowest BCUT2D eigenvalue weighted by molar-refractivity contribution is 1.00. The SMILES string of the molecule is Cc1cccc(-c2cc(NCCc3ccc(Cl)cc3)nc(N)n2)c1Cl. The first-order valence-corrected chi connectivity index (χ1v) is 8.67. The number of halogens is 2. The summed E-state index contributed by atoms with van der Waals surface area (Å²) in [6.45, 7) is 2.68. The smallest absolute Gasteiger partial charge is 0.222 e. The van der Waals surface area contributed by atoms with Crippen LogP contribution < -0.4 is 11.1 Å². The van der Waals surface area contributed by atoms with E-state index in [-0.39, 0.29) is 5.95 Å². The van der Waals surface area contributed by atoms with Crippen LogP contribution in [0.2, 0.25) is 10.0 Å². The van der Waals surface area contributed by atoms with Crippen LogP contribution in [0.5, 0.6) is 0 Å². The normalized spacial score (nSPS) is 10.7. The van der Waals surface area contributed by atoms with Gasteiger partial charge in [-0.15, -0.1) is 0 Å². The van der Waals surface area contributed by atoms with Gasteiger partial charge in [0, 0.05) is 23.2 Å². The number of anilines is 2. The zero-order valence-corrected chi connectivity index (χ0v) is 15.3. The van der Waals surface area contributed by atoms with Crippen molar-refractivity contribution < 1.29 is 0 Å². The first-order chi connectivity index (χ1) is 12.0. The number of nitrogen functional groups attached to an aromatic ring is 1. The van der Waals surface area contributed by atoms with E-state index in [2.05, 4.69) is 15.3 Å². The molecule has 0 bridgehead atoms. The number of hydrogen-bond acceptors (Lipinski definition) is 4. The van der Waals surface area contributed by atoms with Gasteiger partial charge in [-0.25, -0.2) is 4.98 Å². The number of aromatic nitrogens is 2. The van der Waals surface area contributed by atoms with Gasteiger partial charge in [-0.2, -0.15) is 4.98 Å². The monoisotopic (exact) mass is 372 g/mol. The van der Waals surface area contributed by atoms with Gasteiger partial charge in [0.2, 0.25) is 5.95 Å². The van der Waals surface area contributed by atoms with Gasteiger partial charge in [-0.3, -0.25) is 0 Å². The zero-order chi connectivity index (χ0) is 17.8. The largest absolute Gasteiger partial charge is 0.370 e. The average Bonchev–Trinajstić information content (AvgIpc) is 2.59. The summed E-state index contributed by atoms with van der Waals surface area (Å²) >= 11 is 12.3. The number of nitrogens with zero attached hydrogens (tertiary/aromatic N) is 2. The van der Waals surface area contributed by atoms with Crippen LogP contribution in [0.15, 0.2) is 48.5 Å². The van der Waals surface area contributed by atoms with Crippen molar-refractivity contribution >= 4 is 35.0 Å². The van der Waals surface area contributed by atoms with E-state index in [0.29, 0.717) is 16.5 Å². The Bertz CT molecular complexity index is 879. The predicted octanol–water partition coefficient (Wildman–Crippen LogP) is 5.00. The number of rotatable bonds is 5. The van der Waals surface area contributed by atoms with Crippen LogP contribution in [0.4, 0.5) is 11.8 Å². The van der Waals surface area contributed by atoms with Gasteiger partial charge in [0.25, 0.3) is 0 Å². The molecule has 0 saturated carbocycles. The maximum Gasteiger partial charge on any atom is 0.222 e. The van der Waals surface area contributed by atoms with Crippen LogP contribution in [0, 0.1) is 6.92 Å². The van der Waals surface area contributed by atoms with Crippen molar-refractivity contribution in [3.05, 3.63) is 69.7 Å². The summed E-state index contributed by atoms with van der Waals surface area (Å²) in [5.74, 6) is 0.887. The van der Waals surface area contributed by atoms with E-state index in [1.54, 1.807) is 0 Å². The average molecular weight is 373 g/mol. The van der Waals surface area contributed by atoms with E-state index in [0.717, 1.165) is 29.1 Å². The van der Waals surface area contributed by atoms with Gasteiger partial charge in [0.15, 0.2) is 0 Å². The van der Waals surface area contributed by atoms with E-state index < -0.39 is 0 Å². The molecule has 0 aliphatic carbocycles. The second-order valence-corrected chi connectivity index (χ2v) is 6.55. The molecular weight excluding hydrogens is 355 g/mol. The highest BCUT2D eigenvalue weighted by molar-refractivity contribution is 6.34. The maximum absolute atomic E-state index is 6.40. The van der Waals surface area contributed by atoms with Gasteiger partial charge in [-0.1, -0.05) is 53.5 Å². The molecule has 3 rings (SSSR count). The molecular formula is C19H18Cl2N4. The summed E-state index contributed by atoms with van der Waals surface area (Å²) in [4.78, 5) is 8.56. The van der Waals surface area contributed by atoms with Gasteiger partial charge in [0.05, 0.1) is 10.7 Å². The molecule has 0 fully saturated rings. The summed E-state index contributed by atoms with van der Waals surface area (Å²) < 4.78 is 0. The molecule has 4 nitrogen and oxygen atoms in total. The van der Waals surface area contributed by atoms with Gasteiger partial charge in [-0.05, 0) is 36.6 Å². The second kappa shape index (κ2) is 7.72. The topological polar surface area (TPSA) is 63.8 Å². The third-order valence-electron chi connectivity index (χ3n) is 3.84. The summed E-state index contributed by atoms with van der Waals surface area (Å²) in [5.41, 5.74) is 9.60. The summed E-state index contributed by atoms with van der Waals surface area (Å²) in [7, 11) is 0. The molecule has 1 aromatic heterocycles. The molecule has 1 heterocycles. The fourth-order valence-electron chi connectivity index (χ4n) is 2.53. The lowest BCUT2D eigenvalue weighted by Crippen LogP contribution is -2.08. The first-order valence-electron chi connectivity index (χ1n) is 7.91. The Morgan fingerprint density at radius 1 is 1.04 bits per heavy atom. The van der Waals surface area contributed by atoms with Crippen molar-refractivity contribution in [1.82, 2.24) is 9.97 Å². The Morgan fingerprint density at radius 2 is 1.80 bits per heavy atom. The van der Waals surface area contributed by atoms with Gasteiger partial charge in [0.1, 0.15) is 5.82 Å². The molecule has 0 radical (unpaired) electrons. The van der Waals surface area contributed by atoms with Crippen LogP contribution in [0.3, 0.4) is 0 Å². The van der Waals surface area contributed by atoms with Crippen LogP contribution in [0.1, 0.15) is 11.1 Å². The minimum absolute atomic E-state index is 0.212. The van der Waals surface area contributed by atoms with Crippen molar-refractivity contribution in [2.24, 2.45) is 0 Å². The molecule has 0 aliphatic rings. The maximum atomic E-state index is 6.40. The Morgan fingerprint density at radius 3 is 2.56 bits per heavy atom. The Hall–Kier alpha value is -2.30. The molecule has 0 atom stereocenters. The fourth-order valence-corrected chi connectivity index (χ4v) is 2.87. The Labute approximate surface area is 157 Å². The van der Waals surface area contributed by atoms with Crippen molar-refractivity contribution in [1.29, 1.82) is 0 Å². The lowest BCUT2D eigenvalue weighted by atomic mass is 10.1. The molecule has 25 heavy (non-hydrogen) atoms. The number of hydrogen-bond donors (Lipinski definition) is 2. The summed E-state index contributed by atoms with van der Waals surface area (Å²) in [6, 6.07) is 15.5. The summed E-state index contributed by atoms with van der Waals surface area (Å²) in [5, 5.41) is 4.70. The zero-order valence-electron chi connectivity index (χ0n) is 13.8. The minimum atomic E-state index is 0.212. The van der Waals surface area contributed by atoms with Crippen molar-refractivity contribution in [3.63, 3.8) is 0 Å². The number of aryl methyl sites for hydroxylation is 1. The van der Waals surface area contributed by atoms with E-state index >= 15 is 0 Å². The molecule has 3 aromatic rings. The van der Waals surface area contributed by atoms with E-state index in [9.17, 15) is 0 Å². The second-order valence-electron chi connectivity index (χ2n) is 5.74. The Balaban J connectivity index is 1.75. The van der Waals surface area contributed by atoms with E-state index in [1.165, 1.54) is 5.56 Å². The molecule has 6 heteroatoms. The highest BCUT2D eigenvalue weighted by atomic mass is 35.5. The molecule has 3 N–H and O–H groups in total. The molecule has 0 saturated heterocycles. The number of nitrogens with one attached hydrogen (secondary N) is 1. The van der Waals surface area contributed by atoms with E-state index in [1.807, 2.05) is 55.5 Å².